The van der Waals surface area contributed by atoms with Crippen molar-refractivity contribution in [2.24, 2.45) is 0 Å². The highest BCUT2D eigenvalue weighted by Gasteiger charge is 2.01. The van der Waals surface area contributed by atoms with E-state index in [9.17, 15) is 4.39 Å². The van der Waals surface area contributed by atoms with Gasteiger partial charge in [-0.1, -0.05) is 12.1 Å². The van der Waals surface area contributed by atoms with Crippen LogP contribution in [0.5, 0.6) is 0 Å². The van der Waals surface area contributed by atoms with Crippen molar-refractivity contribution in [3.8, 4) is 0 Å². The van der Waals surface area contributed by atoms with Gasteiger partial charge in [0, 0.05) is 17.6 Å². The highest BCUT2D eigenvalue weighted by molar-refractivity contribution is 5.81. The number of benzene rings is 2. The van der Waals surface area contributed by atoms with Crippen LogP contribution in [0.1, 0.15) is 11.1 Å². The number of anilines is 1. The summed E-state index contributed by atoms with van der Waals surface area (Å²) >= 11 is 0. The Balaban J connectivity index is 1.75. The Bertz CT molecular complexity index is 718. The van der Waals surface area contributed by atoms with Crippen LogP contribution in [-0.2, 0) is 6.54 Å². The highest BCUT2D eigenvalue weighted by atomic mass is 19.1. The lowest BCUT2D eigenvalue weighted by atomic mass is 10.1. The number of hydrogen-bond donors (Lipinski definition) is 2. The van der Waals surface area contributed by atoms with E-state index in [1.807, 2.05) is 24.3 Å². The van der Waals surface area contributed by atoms with Gasteiger partial charge in [-0.05, 0) is 42.3 Å². The molecule has 0 aliphatic heterocycles. The summed E-state index contributed by atoms with van der Waals surface area (Å²) in [4.78, 5) is 0. The molecule has 0 aliphatic carbocycles. The van der Waals surface area contributed by atoms with Crippen LogP contribution in [0.2, 0.25) is 0 Å². The molecule has 0 spiro atoms. The van der Waals surface area contributed by atoms with Crippen LogP contribution in [-0.4, -0.2) is 10.2 Å². The average Bonchev–Trinajstić information content (AvgIpc) is 2.87. The van der Waals surface area contributed by atoms with Crippen molar-refractivity contribution in [1.29, 1.82) is 0 Å². The summed E-state index contributed by atoms with van der Waals surface area (Å²) in [7, 11) is 0. The Kier molecular flexibility index (Phi) is 2.91. The van der Waals surface area contributed by atoms with Crippen molar-refractivity contribution < 1.29 is 4.39 Å². The van der Waals surface area contributed by atoms with E-state index in [0.29, 0.717) is 12.1 Å². The molecule has 4 heteroatoms. The van der Waals surface area contributed by atoms with E-state index in [1.165, 1.54) is 0 Å². The standard InChI is InChI=1S/C15H14FN3/c1-10-2-3-11(6-14(10)16)8-17-13-4-5-15-12(7-13)9-18-19-15/h2-7,9,17H,8H2,1H3,(H,18,19). The van der Waals surface area contributed by atoms with Gasteiger partial charge in [-0.25, -0.2) is 4.39 Å². The van der Waals surface area contributed by atoms with E-state index in [4.69, 9.17) is 0 Å². The Morgan fingerprint density at radius 3 is 2.95 bits per heavy atom. The molecule has 0 amide bonds. The molecule has 0 fully saturated rings. The summed E-state index contributed by atoms with van der Waals surface area (Å²) in [6, 6.07) is 11.3. The smallest absolute Gasteiger partial charge is 0.126 e. The fraction of sp³-hybridized carbons (Fsp3) is 0.133. The third kappa shape index (κ3) is 2.42. The zero-order valence-electron chi connectivity index (χ0n) is 10.6. The molecule has 2 aromatic carbocycles. The zero-order valence-corrected chi connectivity index (χ0v) is 10.6. The molecule has 0 bridgehead atoms. The number of hydrogen-bond acceptors (Lipinski definition) is 2. The molecule has 2 N–H and O–H groups in total. The van der Waals surface area contributed by atoms with Gasteiger partial charge in [0.05, 0.1) is 11.7 Å². The van der Waals surface area contributed by atoms with Crippen LogP contribution >= 0.6 is 0 Å². The van der Waals surface area contributed by atoms with Gasteiger partial charge in [-0.3, -0.25) is 5.10 Å². The minimum atomic E-state index is -0.162. The number of aromatic nitrogens is 2. The first kappa shape index (κ1) is 11.7. The Labute approximate surface area is 110 Å². The topological polar surface area (TPSA) is 40.7 Å². The van der Waals surface area contributed by atoms with Crippen molar-refractivity contribution >= 4 is 16.6 Å². The first-order valence-corrected chi connectivity index (χ1v) is 6.14. The van der Waals surface area contributed by atoms with E-state index < -0.39 is 0 Å². The molecule has 3 nitrogen and oxygen atoms in total. The van der Waals surface area contributed by atoms with Gasteiger partial charge in [0.2, 0.25) is 0 Å². The third-order valence-electron chi connectivity index (χ3n) is 3.17. The quantitative estimate of drug-likeness (QED) is 0.750. The fourth-order valence-electron chi connectivity index (χ4n) is 2.00. The van der Waals surface area contributed by atoms with E-state index in [0.717, 1.165) is 22.2 Å². The molecule has 0 saturated carbocycles. The van der Waals surface area contributed by atoms with Crippen molar-refractivity contribution in [3.63, 3.8) is 0 Å². The van der Waals surface area contributed by atoms with Crippen molar-refractivity contribution in [3.05, 3.63) is 59.5 Å². The first-order chi connectivity index (χ1) is 9.22. The predicted molar refractivity (Wildman–Crippen MR) is 74.6 cm³/mol. The summed E-state index contributed by atoms with van der Waals surface area (Å²) in [5.41, 5.74) is 3.60. The maximum Gasteiger partial charge on any atom is 0.126 e. The van der Waals surface area contributed by atoms with Gasteiger partial charge in [0.25, 0.3) is 0 Å². The molecule has 19 heavy (non-hydrogen) atoms. The number of rotatable bonds is 3. The largest absolute Gasteiger partial charge is 0.381 e. The molecule has 96 valence electrons. The zero-order chi connectivity index (χ0) is 13.2. The van der Waals surface area contributed by atoms with E-state index in [1.54, 1.807) is 25.3 Å². The van der Waals surface area contributed by atoms with Crippen LogP contribution in [0.4, 0.5) is 10.1 Å². The number of aryl methyl sites for hydroxylation is 1. The molecule has 0 aliphatic rings. The summed E-state index contributed by atoms with van der Waals surface area (Å²) in [5, 5.41) is 11.2. The summed E-state index contributed by atoms with van der Waals surface area (Å²) in [5.74, 6) is -0.162. The highest BCUT2D eigenvalue weighted by Crippen LogP contribution is 2.18. The molecular formula is C15H14FN3. The minimum absolute atomic E-state index is 0.162. The van der Waals surface area contributed by atoms with E-state index >= 15 is 0 Å². The van der Waals surface area contributed by atoms with Crippen LogP contribution in [0, 0.1) is 12.7 Å². The molecule has 0 radical (unpaired) electrons. The molecule has 0 saturated heterocycles. The second-order valence-electron chi connectivity index (χ2n) is 4.61. The Hall–Kier alpha value is -2.36. The van der Waals surface area contributed by atoms with Crippen LogP contribution in [0.15, 0.2) is 42.6 Å². The van der Waals surface area contributed by atoms with Gasteiger partial charge < -0.3 is 5.32 Å². The second-order valence-corrected chi connectivity index (χ2v) is 4.61. The first-order valence-electron chi connectivity index (χ1n) is 6.14. The van der Waals surface area contributed by atoms with Crippen LogP contribution in [0.3, 0.4) is 0 Å². The fourth-order valence-corrected chi connectivity index (χ4v) is 2.00. The average molecular weight is 255 g/mol. The summed E-state index contributed by atoms with van der Waals surface area (Å²) < 4.78 is 13.4. The number of H-pyrrole nitrogens is 1. The van der Waals surface area contributed by atoms with Crippen molar-refractivity contribution in [2.45, 2.75) is 13.5 Å². The number of nitrogens with zero attached hydrogens (tertiary/aromatic N) is 1. The lowest BCUT2D eigenvalue weighted by molar-refractivity contribution is 0.616. The number of halogens is 1. The van der Waals surface area contributed by atoms with E-state index in [2.05, 4.69) is 15.5 Å². The Morgan fingerprint density at radius 1 is 1.21 bits per heavy atom. The molecule has 3 rings (SSSR count). The molecule has 1 aromatic heterocycles. The van der Waals surface area contributed by atoms with E-state index in [-0.39, 0.29) is 5.82 Å². The van der Waals surface area contributed by atoms with Crippen molar-refractivity contribution in [2.75, 3.05) is 5.32 Å². The normalized spacial score (nSPS) is 10.8. The monoisotopic (exact) mass is 255 g/mol. The predicted octanol–water partition coefficient (Wildman–Crippen LogP) is 3.62. The summed E-state index contributed by atoms with van der Waals surface area (Å²) in [6.07, 6.45) is 1.78. The lowest BCUT2D eigenvalue weighted by Gasteiger charge is -2.07. The molecule has 3 aromatic rings. The van der Waals surface area contributed by atoms with Gasteiger partial charge in [0.1, 0.15) is 5.82 Å². The van der Waals surface area contributed by atoms with Gasteiger partial charge >= 0.3 is 0 Å². The second kappa shape index (κ2) is 4.72. The van der Waals surface area contributed by atoms with Gasteiger partial charge in [-0.2, -0.15) is 5.10 Å². The minimum Gasteiger partial charge on any atom is -0.381 e. The van der Waals surface area contributed by atoms with Gasteiger partial charge in [-0.15, -0.1) is 0 Å². The van der Waals surface area contributed by atoms with Crippen LogP contribution < -0.4 is 5.32 Å². The maximum atomic E-state index is 13.4. The van der Waals surface area contributed by atoms with Gasteiger partial charge in [0.15, 0.2) is 0 Å². The molecule has 1 heterocycles. The molecule has 0 atom stereocenters. The van der Waals surface area contributed by atoms with Crippen LogP contribution in [0.25, 0.3) is 10.9 Å². The number of aromatic amines is 1. The molecular weight excluding hydrogens is 241 g/mol. The number of fused-ring (bicyclic) bond motifs is 1. The maximum absolute atomic E-state index is 13.4. The molecule has 0 unspecified atom stereocenters. The summed E-state index contributed by atoms with van der Waals surface area (Å²) in [6.45, 7) is 2.36. The third-order valence-corrected chi connectivity index (χ3v) is 3.17. The van der Waals surface area contributed by atoms with Crippen molar-refractivity contribution in [1.82, 2.24) is 10.2 Å². The Morgan fingerprint density at radius 2 is 2.11 bits per heavy atom. The number of nitrogens with one attached hydrogen (secondary N) is 2. The lowest BCUT2D eigenvalue weighted by Crippen LogP contribution is -2.00. The SMILES string of the molecule is Cc1ccc(CNc2ccc3[nH]ncc3c2)cc1F.